The van der Waals surface area contributed by atoms with Crippen molar-refractivity contribution in [2.45, 2.75) is 0 Å². The molecule has 0 radical (unpaired) electrons. The van der Waals surface area contributed by atoms with Gasteiger partial charge in [0.2, 0.25) is 0 Å². The lowest BCUT2D eigenvalue weighted by Gasteiger charge is -2.27. The van der Waals surface area contributed by atoms with Crippen LogP contribution in [0.2, 0.25) is 0 Å². The Hall–Kier alpha value is -3.43. The van der Waals surface area contributed by atoms with E-state index in [1.165, 1.54) is 0 Å². The Balaban J connectivity index is 1.33. The fraction of sp³-hybridized carbons (Fsp3) is 0.286. The highest BCUT2D eigenvalue weighted by Gasteiger charge is 2.21. The van der Waals surface area contributed by atoms with Gasteiger partial charge in [-0.1, -0.05) is 0 Å². The van der Waals surface area contributed by atoms with Gasteiger partial charge in [-0.05, 0) is 48.5 Å². The van der Waals surface area contributed by atoms with Crippen molar-refractivity contribution in [2.24, 2.45) is 0 Å². The molecule has 2 saturated heterocycles. The van der Waals surface area contributed by atoms with Crippen LogP contribution in [0, 0.1) is 0 Å². The first-order valence-electron chi connectivity index (χ1n) is 9.64. The van der Waals surface area contributed by atoms with E-state index in [9.17, 15) is 14.4 Å². The number of rotatable bonds is 4. The van der Waals surface area contributed by atoms with Gasteiger partial charge in [0.1, 0.15) is 13.2 Å². The van der Waals surface area contributed by atoms with Gasteiger partial charge in [0, 0.05) is 35.8 Å². The molecule has 2 fully saturated rings. The molecule has 0 bridgehead atoms. The number of carbonyl (C=O) groups is 3. The largest absolute Gasteiger partial charge is 0.370 e. The zero-order valence-electron chi connectivity index (χ0n) is 16.3. The highest BCUT2D eigenvalue weighted by Crippen LogP contribution is 2.21. The number of amides is 4. The molecule has 156 valence electrons. The summed E-state index contributed by atoms with van der Waals surface area (Å²) in [6.45, 7) is 2.21. The highest BCUT2D eigenvalue weighted by molar-refractivity contribution is 6.01. The number of carbonyl (C=O) groups excluding carboxylic acids is 3. The number of hydrogen-bond acceptors (Lipinski definition) is 5. The molecule has 2 N–H and O–H groups in total. The van der Waals surface area contributed by atoms with Gasteiger partial charge >= 0.3 is 6.03 Å². The van der Waals surface area contributed by atoms with Crippen LogP contribution in [0.1, 0.15) is 0 Å². The molecule has 0 aliphatic carbocycles. The predicted octanol–water partition coefficient (Wildman–Crippen LogP) is 2.06. The number of nitrogens with one attached hydrogen (secondary N) is 2. The molecule has 9 heteroatoms. The third-order valence-electron chi connectivity index (χ3n) is 4.85. The molecule has 2 aliphatic heterocycles. The standard InChI is InChI=1S/C21H22N4O5/c26-19-13-29-11-9-24(19)17-5-1-15(2-6-17)22-21(28)23-16-3-7-18(8-4-16)25-10-12-30-14-20(25)27/h1-8H,9-14H2,(H2,22,23,28). The van der Waals surface area contributed by atoms with Crippen molar-refractivity contribution in [3.8, 4) is 0 Å². The summed E-state index contributed by atoms with van der Waals surface area (Å²) in [5.41, 5.74) is 2.74. The molecular formula is C21H22N4O5. The summed E-state index contributed by atoms with van der Waals surface area (Å²) >= 11 is 0. The van der Waals surface area contributed by atoms with Crippen LogP contribution in [0.15, 0.2) is 48.5 Å². The second-order valence-electron chi connectivity index (χ2n) is 6.87. The second-order valence-corrected chi connectivity index (χ2v) is 6.87. The van der Waals surface area contributed by atoms with E-state index in [1.807, 2.05) is 0 Å². The molecule has 2 aromatic rings. The molecule has 0 unspecified atom stereocenters. The van der Waals surface area contributed by atoms with Gasteiger partial charge in [-0.2, -0.15) is 0 Å². The molecule has 0 saturated carbocycles. The maximum absolute atomic E-state index is 12.3. The molecule has 4 rings (SSSR count). The Bertz CT molecular complexity index is 854. The van der Waals surface area contributed by atoms with E-state index in [0.717, 1.165) is 11.4 Å². The quantitative estimate of drug-likeness (QED) is 0.804. The molecule has 2 aliphatic rings. The average Bonchev–Trinajstić information content (AvgIpc) is 2.76. The lowest BCUT2D eigenvalue weighted by molar-refractivity contribution is -0.126. The summed E-state index contributed by atoms with van der Waals surface area (Å²) < 4.78 is 10.3. The van der Waals surface area contributed by atoms with Crippen molar-refractivity contribution in [1.29, 1.82) is 0 Å². The summed E-state index contributed by atoms with van der Waals surface area (Å²) in [7, 11) is 0. The van der Waals surface area contributed by atoms with E-state index in [-0.39, 0.29) is 31.1 Å². The van der Waals surface area contributed by atoms with E-state index in [2.05, 4.69) is 10.6 Å². The molecule has 2 aromatic carbocycles. The van der Waals surface area contributed by atoms with Gasteiger partial charge in [0.25, 0.3) is 11.8 Å². The third-order valence-corrected chi connectivity index (χ3v) is 4.85. The zero-order valence-corrected chi connectivity index (χ0v) is 16.3. The lowest BCUT2D eigenvalue weighted by atomic mass is 10.2. The number of urea groups is 1. The first kappa shape index (κ1) is 19.9. The summed E-state index contributed by atoms with van der Waals surface area (Å²) in [6.07, 6.45) is 0. The minimum absolute atomic E-state index is 0.0815. The maximum Gasteiger partial charge on any atom is 0.323 e. The third kappa shape index (κ3) is 4.58. The molecule has 2 heterocycles. The number of ether oxygens (including phenoxy) is 2. The lowest BCUT2D eigenvalue weighted by Crippen LogP contribution is -2.41. The van der Waals surface area contributed by atoms with Gasteiger partial charge in [-0.25, -0.2) is 4.79 Å². The first-order valence-corrected chi connectivity index (χ1v) is 9.64. The van der Waals surface area contributed by atoms with Crippen LogP contribution in [-0.2, 0) is 19.1 Å². The fourth-order valence-corrected chi connectivity index (χ4v) is 3.32. The van der Waals surface area contributed by atoms with Gasteiger partial charge < -0.3 is 29.9 Å². The molecule has 0 aromatic heterocycles. The van der Waals surface area contributed by atoms with E-state index >= 15 is 0 Å². The maximum atomic E-state index is 12.3. The Kier molecular flexibility index (Phi) is 5.92. The number of benzene rings is 2. The van der Waals surface area contributed by atoms with E-state index in [0.29, 0.717) is 37.7 Å². The molecular weight excluding hydrogens is 388 g/mol. The van der Waals surface area contributed by atoms with E-state index < -0.39 is 0 Å². The summed E-state index contributed by atoms with van der Waals surface area (Å²) in [4.78, 5) is 39.4. The van der Waals surface area contributed by atoms with Crippen molar-refractivity contribution in [3.63, 3.8) is 0 Å². The van der Waals surface area contributed by atoms with Crippen LogP contribution in [0.5, 0.6) is 0 Å². The smallest absolute Gasteiger partial charge is 0.323 e. The van der Waals surface area contributed by atoms with Crippen molar-refractivity contribution in [2.75, 3.05) is 60.0 Å². The summed E-state index contributed by atoms with van der Waals surface area (Å²) in [5, 5.41) is 5.52. The Morgan fingerprint density at radius 3 is 1.47 bits per heavy atom. The van der Waals surface area contributed by atoms with Gasteiger partial charge in [0.05, 0.1) is 13.2 Å². The summed E-state index contributed by atoms with van der Waals surface area (Å²) in [5.74, 6) is -0.163. The number of anilines is 4. The number of nitrogens with zero attached hydrogens (tertiary/aromatic N) is 2. The van der Waals surface area contributed by atoms with Crippen LogP contribution < -0.4 is 20.4 Å². The monoisotopic (exact) mass is 410 g/mol. The number of hydrogen-bond donors (Lipinski definition) is 2. The Labute approximate surface area is 173 Å². The molecule has 0 atom stereocenters. The summed E-state index contributed by atoms with van der Waals surface area (Å²) in [6, 6.07) is 13.7. The van der Waals surface area contributed by atoms with Crippen LogP contribution in [0.25, 0.3) is 0 Å². The highest BCUT2D eigenvalue weighted by atomic mass is 16.5. The molecule has 9 nitrogen and oxygen atoms in total. The van der Waals surface area contributed by atoms with Crippen molar-refractivity contribution >= 4 is 40.6 Å². The van der Waals surface area contributed by atoms with Crippen LogP contribution in [0.4, 0.5) is 27.5 Å². The SMILES string of the molecule is O=C(Nc1ccc(N2CCOCC2=O)cc1)Nc1ccc(N2CCOCC2=O)cc1. The van der Waals surface area contributed by atoms with E-state index in [1.54, 1.807) is 58.3 Å². The number of morpholine rings is 2. The molecule has 0 spiro atoms. The van der Waals surface area contributed by atoms with Crippen LogP contribution >= 0.6 is 0 Å². The van der Waals surface area contributed by atoms with Crippen molar-refractivity contribution < 1.29 is 23.9 Å². The Morgan fingerprint density at radius 2 is 1.10 bits per heavy atom. The van der Waals surface area contributed by atoms with Crippen molar-refractivity contribution in [3.05, 3.63) is 48.5 Å². The minimum Gasteiger partial charge on any atom is -0.370 e. The van der Waals surface area contributed by atoms with Gasteiger partial charge in [-0.3, -0.25) is 9.59 Å². The van der Waals surface area contributed by atoms with Gasteiger partial charge in [-0.15, -0.1) is 0 Å². The fourth-order valence-electron chi connectivity index (χ4n) is 3.32. The average molecular weight is 410 g/mol. The molecule has 30 heavy (non-hydrogen) atoms. The predicted molar refractivity (Wildman–Crippen MR) is 112 cm³/mol. The van der Waals surface area contributed by atoms with E-state index in [4.69, 9.17) is 9.47 Å². The molecule has 4 amide bonds. The van der Waals surface area contributed by atoms with Crippen LogP contribution in [-0.4, -0.2) is 57.4 Å². The normalized spacial score (nSPS) is 17.1. The Morgan fingerprint density at radius 1 is 0.700 bits per heavy atom. The topological polar surface area (TPSA) is 100 Å². The second kappa shape index (κ2) is 8.93. The van der Waals surface area contributed by atoms with Crippen LogP contribution in [0.3, 0.4) is 0 Å². The first-order chi connectivity index (χ1) is 14.6. The minimum atomic E-state index is -0.389. The van der Waals surface area contributed by atoms with Gasteiger partial charge in [0.15, 0.2) is 0 Å². The zero-order chi connectivity index (χ0) is 20.9. The van der Waals surface area contributed by atoms with Crippen molar-refractivity contribution in [1.82, 2.24) is 0 Å².